The van der Waals surface area contributed by atoms with Gasteiger partial charge in [0.05, 0.1) is 6.04 Å². The minimum absolute atomic E-state index is 0.159. The molecule has 1 N–H and O–H groups in total. The van der Waals surface area contributed by atoms with Crippen LogP contribution in [-0.2, 0) is 0 Å². The Kier molecular flexibility index (Phi) is 3.07. The van der Waals surface area contributed by atoms with Gasteiger partial charge in [0, 0.05) is 11.6 Å². The zero-order chi connectivity index (χ0) is 15.3. The molecule has 0 aromatic heterocycles. The van der Waals surface area contributed by atoms with Crippen molar-refractivity contribution < 1.29 is 4.39 Å². The highest BCUT2D eigenvalue weighted by Gasteiger charge is 2.38. The number of benzene rings is 2. The third-order valence-electron chi connectivity index (χ3n) is 5.02. The molecule has 0 saturated carbocycles. The third-order valence-corrected chi connectivity index (χ3v) is 5.02. The lowest BCUT2D eigenvalue weighted by Crippen LogP contribution is -2.29. The van der Waals surface area contributed by atoms with Gasteiger partial charge in [-0.15, -0.1) is 0 Å². The van der Waals surface area contributed by atoms with E-state index < -0.39 is 0 Å². The summed E-state index contributed by atoms with van der Waals surface area (Å²) in [5.41, 5.74) is 6.28. The molecule has 22 heavy (non-hydrogen) atoms. The van der Waals surface area contributed by atoms with Crippen LogP contribution in [-0.4, -0.2) is 0 Å². The molecule has 2 aliphatic rings. The molecule has 0 amide bonds. The van der Waals surface area contributed by atoms with Gasteiger partial charge in [-0.05, 0) is 66.6 Å². The minimum Gasteiger partial charge on any atom is -0.378 e. The molecule has 0 spiro atoms. The number of halogens is 1. The van der Waals surface area contributed by atoms with Gasteiger partial charge in [-0.25, -0.2) is 4.39 Å². The molecule has 0 saturated heterocycles. The molecule has 1 aliphatic heterocycles. The van der Waals surface area contributed by atoms with E-state index in [4.69, 9.17) is 0 Å². The van der Waals surface area contributed by atoms with E-state index in [1.165, 1.54) is 28.4 Å². The van der Waals surface area contributed by atoms with Crippen molar-refractivity contribution in [3.63, 3.8) is 0 Å². The molecular formula is C20H20FN. The first kappa shape index (κ1) is 13.6. The number of nitrogens with one attached hydrogen (secondary N) is 1. The maximum atomic E-state index is 13.6. The van der Waals surface area contributed by atoms with Gasteiger partial charge in [0.25, 0.3) is 0 Å². The van der Waals surface area contributed by atoms with E-state index in [0.717, 1.165) is 12.0 Å². The summed E-state index contributed by atoms with van der Waals surface area (Å²) in [6.45, 7) is 4.32. The molecule has 0 bridgehead atoms. The molecular weight excluding hydrogens is 273 g/mol. The number of rotatable bonds is 1. The Morgan fingerprint density at radius 3 is 2.82 bits per heavy atom. The minimum atomic E-state index is -0.159. The average Bonchev–Trinajstić information content (AvgIpc) is 2.94. The maximum absolute atomic E-state index is 13.6. The van der Waals surface area contributed by atoms with E-state index in [2.05, 4.69) is 43.4 Å². The second-order valence-electron chi connectivity index (χ2n) is 6.57. The van der Waals surface area contributed by atoms with Crippen molar-refractivity contribution in [1.29, 1.82) is 0 Å². The quantitative estimate of drug-likeness (QED) is 0.706. The summed E-state index contributed by atoms with van der Waals surface area (Å²) in [5, 5.41) is 3.69. The van der Waals surface area contributed by atoms with Gasteiger partial charge in [-0.3, -0.25) is 0 Å². The number of aryl methyl sites for hydroxylation is 2. The van der Waals surface area contributed by atoms with Crippen LogP contribution in [0.2, 0.25) is 0 Å². The molecule has 1 heterocycles. The van der Waals surface area contributed by atoms with E-state index in [1.807, 2.05) is 6.07 Å². The molecule has 3 atom stereocenters. The summed E-state index contributed by atoms with van der Waals surface area (Å²) >= 11 is 0. The van der Waals surface area contributed by atoms with Crippen LogP contribution < -0.4 is 5.32 Å². The van der Waals surface area contributed by atoms with E-state index >= 15 is 0 Å². The van der Waals surface area contributed by atoms with E-state index in [9.17, 15) is 4.39 Å². The number of allylic oxidation sites excluding steroid dienone is 2. The first-order chi connectivity index (χ1) is 10.6. The standard InChI is InChI=1S/C20H20FN/c1-12-9-13(2)19-16-7-4-8-17(16)20(22-18(19)10-12)14-5-3-6-15(21)11-14/h3-7,9-11,16-17,20,22H,8H2,1-2H3/t16-,17-,20+/m0/s1. The van der Waals surface area contributed by atoms with Gasteiger partial charge in [0.1, 0.15) is 5.82 Å². The third kappa shape index (κ3) is 2.06. The van der Waals surface area contributed by atoms with Crippen LogP contribution in [0.1, 0.15) is 40.6 Å². The van der Waals surface area contributed by atoms with Crippen LogP contribution in [0.3, 0.4) is 0 Å². The van der Waals surface area contributed by atoms with E-state index in [0.29, 0.717) is 11.8 Å². The largest absolute Gasteiger partial charge is 0.378 e. The van der Waals surface area contributed by atoms with Gasteiger partial charge in [0.2, 0.25) is 0 Å². The SMILES string of the molecule is Cc1cc(C)c2c(c1)N[C@H](c1cccc(F)c1)[C@H]1CC=C[C@H]21. The first-order valence-electron chi connectivity index (χ1n) is 7.93. The smallest absolute Gasteiger partial charge is 0.123 e. The van der Waals surface area contributed by atoms with Crippen molar-refractivity contribution in [2.75, 3.05) is 5.32 Å². The number of hydrogen-bond donors (Lipinski definition) is 1. The predicted octanol–water partition coefficient (Wildman–Crippen LogP) is 5.27. The molecule has 112 valence electrons. The van der Waals surface area contributed by atoms with E-state index in [1.54, 1.807) is 12.1 Å². The van der Waals surface area contributed by atoms with Crippen LogP contribution in [0.25, 0.3) is 0 Å². The summed E-state index contributed by atoms with van der Waals surface area (Å²) in [5.74, 6) is 0.744. The van der Waals surface area contributed by atoms with Crippen molar-refractivity contribution in [2.24, 2.45) is 5.92 Å². The van der Waals surface area contributed by atoms with Crippen LogP contribution in [0.4, 0.5) is 10.1 Å². The van der Waals surface area contributed by atoms with Crippen molar-refractivity contribution >= 4 is 5.69 Å². The Balaban J connectivity index is 1.84. The molecule has 2 aromatic carbocycles. The lowest BCUT2D eigenvalue weighted by molar-refractivity contribution is 0.423. The lowest BCUT2D eigenvalue weighted by atomic mass is 9.75. The molecule has 4 rings (SSSR count). The Labute approximate surface area is 130 Å². The average molecular weight is 293 g/mol. The van der Waals surface area contributed by atoms with Crippen molar-refractivity contribution in [3.8, 4) is 0 Å². The Hall–Kier alpha value is -2.09. The van der Waals surface area contributed by atoms with Crippen molar-refractivity contribution in [2.45, 2.75) is 32.2 Å². The first-order valence-corrected chi connectivity index (χ1v) is 7.93. The second kappa shape index (κ2) is 4.98. The Morgan fingerprint density at radius 2 is 2.00 bits per heavy atom. The highest BCUT2D eigenvalue weighted by Crippen LogP contribution is 2.50. The molecule has 0 unspecified atom stereocenters. The molecule has 2 aromatic rings. The summed E-state index contributed by atoms with van der Waals surface area (Å²) in [6, 6.07) is 11.7. The molecule has 1 aliphatic carbocycles. The van der Waals surface area contributed by atoms with Crippen molar-refractivity contribution in [1.82, 2.24) is 0 Å². The molecule has 1 nitrogen and oxygen atoms in total. The Morgan fingerprint density at radius 1 is 1.14 bits per heavy atom. The summed E-state index contributed by atoms with van der Waals surface area (Å²) in [4.78, 5) is 0. The fourth-order valence-corrected chi connectivity index (χ4v) is 4.17. The number of anilines is 1. The Bertz CT molecular complexity index is 762. The summed E-state index contributed by atoms with van der Waals surface area (Å²) < 4.78 is 13.6. The highest BCUT2D eigenvalue weighted by atomic mass is 19.1. The van der Waals surface area contributed by atoms with Crippen LogP contribution in [0.15, 0.2) is 48.6 Å². The number of hydrogen-bond acceptors (Lipinski definition) is 1. The molecule has 0 radical (unpaired) electrons. The van der Waals surface area contributed by atoms with E-state index in [-0.39, 0.29) is 11.9 Å². The normalized spacial score (nSPS) is 25.5. The second-order valence-corrected chi connectivity index (χ2v) is 6.57. The van der Waals surface area contributed by atoms with Crippen molar-refractivity contribution in [3.05, 3.63) is 76.6 Å². The fraction of sp³-hybridized carbons (Fsp3) is 0.300. The zero-order valence-electron chi connectivity index (χ0n) is 12.9. The van der Waals surface area contributed by atoms with Gasteiger partial charge in [-0.2, -0.15) is 0 Å². The number of fused-ring (bicyclic) bond motifs is 3. The van der Waals surface area contributed by atoms with Crippen LogP contribution >= 0.6 is 0 Å². The van der Waals surface area contributed by atoms with Gasteiger partial charge >= 0.3 is 0 Å². The van der Waals surface area contributed by atoms with Crippen LogP contribution in [0.5, 0.6) is 0 Å². The highest BCUT2D eigenvalue weighted by molar-refractivity contribution is 5.63. The summed E-state index contributed by atoms with van der Waals surface area (Å²) in [7, 11) is 0. The van der Waals surface area contributed by atoms with Gasteiger partial charge in [-0.1, -0.05) is 30.4 Å². The summed E-state index contributed by atoms with van der Waals surface area (Å²) in [6.07, 6.45) is 5.66. The lowest BCUT2D eigenvalue weighted by Gasteiger charge is -2.38. The topological polar surface area (TPSA) is 12.0 Å². The van der Waals surface area contributed by atoms with Gasteiger partial charge < -0.3 is 5.32 Å². The predicted molar refractivity (Wildman–Crippen MR) is 88.7 cm³/mol. The fourth-order valence-electron chi connectivity index (χ4n) is 4.17. The maximum Gasteiger partial charge on any atom is 0.123 e. The van der Waals surface area contributed by atoms with Crippen LogP contribution in [0, 0.1) is 25.6 Å². The monoisotopic (exact) mass is 293 g/mol. The van der Waals surface area contributed by atoms with Gasteiger partial charge in [0.15, 0.2) is 0 Å². The zero-order valence-corrected chi connectivity index (χ0v) is 12.9. The molecule has 2 heteroatoms. The molecule has 0 fully saturated rings.